The first-order chi connectivity index (χ1) is 12.7. The van der Waals surface area contributed by atoms with Crippen molar-refractivity contribution in [2.45, 2.75) is 0 Å². The van der Waals surface area contributed by atoms with E-state index in [0.717, 1.165) is 27.8 Å². The van der Waals surface area contributed by atoms with Crippen molar-refractivity contribution in [1.29, 1.82) is 0 Å². The zero-order valence-corrected chi connectivity index (χ0v) is 17.4. The monoisotopic (exact) mass is 508 g/mol. The summed E-state index contributed by atoms with van der Waals surface area (Å²) in [5.41, 5.74) is 6.07. The number of hydrogen-bond acceptors (Lipinski definition) is 5. The minimum Gasteiger partial charge on any atom is -1.00 e. The van der Waals surface area contributed by atoms with Gasteiger partial charge >= 0.3 is 0 Å². The van der Waals surface area contributed by atoms with Crippen LogP contribution in [-0.4, -0.2) is 10.8 Å². The van der Waals surface area contributed by atoms with E-state index >= 15 is 0 Å². The van der Waals surface area contributed by atoms with E-state index in [1.807, 2.05) is 60.7 Å². The van der Waals surface area contributed by atoms with Crippen LogP contribution in [0.5, 0.6) is 0 Å². The number of benzene rings is 3. The van der Waals surface area contributed by atoms with Crippen molar-refractivity contribution in [2.24, 2.45) is 5.10 Å². The molecule has 144 valence electrons. The topological polar surface area (TPSA) is 75.2 Å². The number of quaternary nitrogens is 1. The fraction of sp³-hybridized carbons (Fsp3) is 0. The number of non-ortho nitro benzene ring substituents is 1. The second kappa shape index (κ2) is 9.60. The van der Waals surface area contributed by atoms with Crippen LogP contribution in [0.2, 0.25) is 0 Å². The van der Waals surface area contributed by atoms with Crippen LogP contribution in [0.4, 0.5) is 17.1 Å². The Balaban J connectivity index is 0.00000140. The normalized spacial score (nSPS) is 15.2. The number of nitro groups is 1. The van der Waals surface area contributed by atoms with E-state index in [0.29, 0.717) is 0 Å². The van der Waals surface area contributed by atoms with Crippen molar-refractivity contribution in [3.63, 3.8) is 0 Å². The van der Waals surface area contributed by atoms with E-state index < -0.39 is 4.92 Å². The predicted octanol–water partition coefficient (Wildman–Crippen LogP) is -3.58. The summed E-state index contributed by atoms with van der Waals surface area (Å²) in [6, 6.07) is 26.1. The molecule has 1 aliphatic rings. The first kappa shape index (κ1) is 21.8. The highest BCUT2D eigenvalue weighted by atomic mass is 127. The Morgan fingerprint density at radius 1 is 0.893 bits per heavy atom. The minimum atomic E-state index is -0.415. The molecule has 3 aromatic rings. The second-order valence-corrected chi connectivity index (χ2v) is 5.75. The molecule has 1 aliphatic heterocycles. The van der Waals surface area contributed by atoms with Gasteiger partial charge in [-0.15, -0.1) is 5.12 Å². The van der Waals surface area contributed by atoms with Crippen molar-refractivity contribution in [3.05, 3.63) is 101 Å². The Morgan fingerprint density at radius 3 is 2.04 bits per heavy atom. The fourth-order valence-corrected chi connectivity index (χ4v) is 2.78. The van der Waals surface area contributed by atoms with E-state index in [4.69, 9.17) is 5.10 Å². The SMILES string of the molecule is O=[N+]([O-])c1ccc(N2N=C(c3ccccc3)[NH+](c3ccccc3)N2)cc1.[Cl-].[I-]. The minimum absolute atomic E-state index is 0. The number of hydrogen-bond donors (Lipinski definition) is 2. The van der Waals surface area contributed by atoms with E-state index in [-0.39, 0.29) is 42.1 Å². The summed E-state index contributed by atoms with van der Waals surface area (Å²) in [5, 5.41) is 18.1. The molecule has 1 atom stereocenters. The van der Waals surface area contributed by atoms with Gasteiger partial charge in [-0.05, 0) is 29.8 Å². The maximum Gasteiger partial charge on any atom is 0.278 e. The van der Waals surface area contributed by atoms with Gasteiger partial charge in [0.05, 0.1) is 16.2 Å². The molecule has 0 aliphatic carbocycles. The molecule has 3 aromatic carbocycles. The lowest BCUT2D eigenvalue weighted by atomic mass is 10.2. The van der Waals surface area contributed by atoms with Crippen LogP contribution in [0.25, 0.3) is 0 Å². The quantitative estimate of drug-likeness (QED) is 0.217. The van der Waals surface area contributed by atoms with Crippen LogP contribution in [0, 0.1) is 10.1 Å². The molecule has 0 fully saturated rings. The number of hydrazone groups is 1. The molecule has 0 saturated heterocycles. The molecular formula is C19H16ClIN5O2-. The molecule has 7 nitrogen and oxygen atoms in total. The summed E-state index contributed by atoms with van der Waals surface area (Å²) in [6.07, 6.45) is 0. The molecular weight excluding hydrogens is 493 g/mol. The van der Waals surface area contributed by atoms with Crippen molar-refractivity contribution >= 4 is 22.9 Å². The van der Waals surface area contributed by atoms with Gasteiger partial charge in [0.15, 0.2) is 5.69 Å². The Kier molecular flexibility index (Phi) is 7.46. The summed E-state index contributed by atoms with van der Waals surface area (Å²) >= 11 is 0. The molecule has 0 aromatic heterocycles. The Bertz CT molecular complexity index is 955. The van der Waals surface area contributed by atoms with Gasteiger partial charge in [0, 0.05) is 24.3 Å². The molecule has 1 heterocycles. The van der Waals surface area contributed by atoms with E-state index in [2.05, 4.69) is 5.53 Å². The van der Waals surface area contributed by atoms with Gasteiger partial charge in [0.25, 0.3) is 11.5 Å². The van der Waals surface area contributed by atoms with Gasteiger partial charge in [0.1, 0.15) is 0 Å². The number of anilines is 1. The lowest BCUT2D eigenvalue weighted by molar-refractivity contribution is -0.779. The molecule has 0 bridgehead atoms. The first-order valence-electron chi connectivity index (χ1n) is 8.10. The van der Waals surface area contributed by atoms with Gasteiger partial charge in [-0.1, -0.05) is 41.5 Å². The van der Waals surface area contributed by atoms with Crippen LogP contribution in [0.15, 0.2) is 90.0 Å². The van der Waals surface area contributed by atoms with E-state index in [9.17, 15) is 10.1 Å². The van der Waals surface area contributed by atoms with Gasteiger partial charge in [-0.3, -0.25) is 10.1 Å². The number of nitro benzene ring substituents is 1. The standard InChI is InChI=1S/C19H15N5O2.ClH.HI/c25-24(26)18-13-11-17(12-14-18)23-20-19(15-7-3-1-4-8-15)22(21-23)16-9-5-2-6-10-16;;/h1-14,21H;2*1H/p-1. The third-order valence-electron chi connectivity index (χ3n) is 4.07. The molecule has 9 heteroatoms. The summed E-state index contributed by atoms with van der Waals surface area (Å²) in [5.74, 6) is 0.815. The lowest BCUT2D eigenvalue weighted by Gasteiger charge is -2.16. The summed E-state index contributed by atoms with van der Waals surface area (Å²) in [4.78, 5) is 10.4. The molecule has 0 saturated carbocycles. The molecule has 4 rings (SSSR count). The summed E-state index contributed by atoms with van der Waals surface area (Å²) in [7, 11) is 0. The smallest absolute Gasteiger partial charge is 0.278 e. The van der Waals surface area contributed by atoms with Crippen LogP contribution in [-0.2, 0) is 0 Å². The van der Waals surface area contributed by atoms with Gasteiger partial charge in [-0.2, -0.15) is 5.01 Å². The largest absolute Gasteiger partial charge is 1.00 e. The maximum atomic E-state index is 10.9. The van der Waals surface area contributed by atoms with Crippen LogP contribution in [0.1, 0.15) is 5.56 Å². The van der Waals surface area contributed by atoms with Crippen LogP contribution < -0.4 is 52.0 Å². The molecule has 0 spiro atoms. The number of nitrogens with one attached hydrogen (secondary N) is 2. The van der Waals surface area contributed by atoms with Crippen molar-refractivity contribution in [2.75, 3.05) is 5.12 Å². The Labute approximate surface area is 185 Å². The average Bonchev–Trinajstić information content (AvgIpc) is 3.15. The summed E-state index contributed by atoms with van der Waals surface area (Å²) < 4.78 is 0. The second-order valence-electron chi connectivity index (χ2n) is 5.75. The third kappa shape index (κ3) is 4.47. The number of halogens is 2. The van der Waals surface area contributed by atoms with Crippen LogP contribution >= 0.6 is 0 Å². The number of rotatable bonds is 4. The number of nitrogens with zero attached hydrogens (tertiary/aromatic N) is 3. The molecule has 0 amide bonds. The maximum absolute atomic E-state index is 10.9. The lowest BCUT2D eigenvalue weighted by Crippen LogP contribution is -3.15. The Hall–Kier alpha value is -2.53. The molecule has 1 unspecified atom stereocenters. The van der Waals surface area contributed by atoms with E-state index in [1.54, 1.807) is 17.3 Å². The van der Waals surface area contributed by atoms with E-state index in [1.165, 1.54) is 12.1 Å². The van der Waals surface area contributed by atoms with Crippen molar-refractivity contribution in [3.8, 4) is 0 Å². The zero-order chi connectivity index (χ0) is 17.9. The number of hydrazine groups is 1. The van der Waals surface area contributed by atoms with Gasteiger partial charge in [-0.25, -0.2) is 0 Å². The molecule has 0 radical (unpaired) electrons. The van der Waals surface area contributed by atoms with Gasteiger partial charge < -0.3 is 36.4 Å². The Morgan fingerprint density at radius 2 is 1.46 bits per heavy atom. The highest BCUT2D eigenvalue weighted by molar-refractivity contribution is 5.94. The summed E-state index contributed by atoms with van der Waals surface area (Å²) in [6.45, 7) is 0. The van der Waals surface area contributed by atoms with Crippen molar-refractivity contribution < 1.29 is 46.3 Å². The van der Waals surface area contributed by atoms with Gasteiger partial charge in [0.2, 0.25) is 0 Å². The van der Waals surface area contributed by atoms with Crippen LogP contribution in [0.3, 0.4) is 0 Å². The number of amidine groups is 1. The number of para-hydroxylation sites is 1. The first-order valence-corrected chi connectivity index (χ1v) is 8.10. The highest BCUT2D eigenvalue weighted by Gasteiger charge is 2.32. The predicted molar refractivity (Wildman–Crippen MR) is 98.8 cm³/mol. The highest BCUT2D eigenvalue weighted by Crippen LogP contribution is 2.20. The average molecular weight is 509 g/mol. The molecule has 2 N–H and O–H groups in total. The zero-order valence-electron chi connectivity index (χ0n) is 14.5. The fourth-order valence-electron chi connectivity index (χ4n) is 2.78. The third-order valence-corrected chi connectivity index (χ3v) is 4.07. The van der Waals surface area contributed by atoms with Crippen molar-refractivity contribution in [1.82, 2.24) is 5.53 Å². The molecule has 28 heavy (non-hydrogen) atoms.